The van der Waals surface area contributed by atoms with Gasteiger partial charge in [0.05, 0.1) is 18.4 Å². The molecule has 0 unspecified atom stereocenters. The number of hydrogen-bond donors (Lipinski definition) is 3. The van der Waals surface area contributed by atoms with E-state index in [0.717, 1.165) is 32.1 Å². The molecule has 1 aromatic heterocycles. The molecule has 6 rings (SSSR count). The molecule has 1 saturated heterocycles. The molecular weight excluding hydrogens is 693 g/mol. The van der Waals surface area contributed by atoms with E-state index in [1.807, 2.05) is 0 Å². The van der Waals surface area contributed by atoms with Crippen LogP contribution < -0.4 is 20.1 Å². The van der Waals surface area contributed by atoms with E-state index in [2.05, 4.69) is 37.3 Å². The van der Waals surface area contributed by atoms with E-state index >= 15 is 0 Å². The lowest BCUT2D eigenvalue weighted by Crippen LogP contribution is -2.60. The molecule has 2 heterocycles. The molecule has 16 nitrogen and oxygen atoms in total. The Bertz CT molecular complexity index is 1800. The van der Waals surface area contributed by atoms with Gasteiger partial charge in [-0.05, 0) is 79.8 Å². The number of carbonyl (C=O) groups excluding carboxylic acids is 4. The highest BCUT2D eigenvalue weighted by Crippen LogP contribution is 2.46. The number of tetrazole rings is 1. The summed E-state index contributed by atoms with van der Waals surface area (Å²) >= 11 is 0. The van der Waals surface area contributed by atoms with Crippen LogP contribution in [0, 0.1) is 11.3 Å². The summed E-state index contributed by atoms with van der Waals surface area (Å²) in [7, 11) is -2.33. The SMILES string of the molecule is C=C[C@@H]1C[C@]1(NC(=O)[C@@H]1C[C@@H](n2nnc(-c3ccc(OC)cc3)n2)CN1C(=O)[C@@H](NC(=O)OC1CCCCC1)C(C)(C)C)C(=O)NS(=O)(=O)C1CC1. The van der Waals surface area contributed by atoms with Gasteiger partial charge in [0.1, 0.15) is 29.5 Å². The Morgan fingerprint density at radius 2 is 1.75 bits per heavy atom. The number of likely N-dealkylation sites (tertiary alicyclic amines) is 1. The van der Waals surface area contributed by atoms with Gasteiger partial charge in [-0.3, -0.25) is 19.1 Å². The summed E-state index contributed by atoms with van der Waals surface area (Å²) in [5.41, 5.74) is -1.66. The molecule has 2 aromatic rings. The Morgan fingerprint density at radius 3 is 2.35 bits per heavy atom. The third-order valence-electron chi connectivity index (χ3n) is 10.4. The van der Waals surface area contributed by atoms with Crippen LogP contribution in [0.1, 0.15) is 84.6 Å². The lowest BCUT2D eigenvalue weighted by Gasteiger charge is -2.35. The molecule has 0 radical (unpaired) electrons. The fourth-order valence-corrected chi connectivity index (χ4v) is 8.39. The monoisotopic (exact) mass is 740 g/mol. The third-order valence-corrected chi connectivity index (χ3v) is 12.2. The summed E-state index contributed by atoms with van der Waals surface area (Å²) in [4.78, 5) is 58.1. The number of nitrogens with zero attached hydrogens (tertiary/aromatic N) is 5. The largest absolute Gasteiger partial charge is 0.497 e. The maximum Gasteiger partial charge on any atom is 0.408 e. The fourth-order valence-electron chi connectivity index (χ4n) is 7.03. The van der Waals surface area contributed by atoms with E-state index < -0.39 is 74.1 Å². The molecule has 52 heavy (non-hydrogen) atoms. The van der Waals surface area contributed by atoms with Gasteiger partial charge in [0.15, 0.2) is 0 Å². The Balaban J connectivity index is 1.26. The molecule has 4 fully saturated rings. The highest BCUT2D eigenvalue weighted by Gasteiger charge is 2.62. The van der Waals surface area contributed by atoms with Crippen molar-refractivity contribution in [1.29, 1.82) is 0 Å². The molecular formula is C35H48N8O8S. The predicted octanol–water partition coefficient (Wildman–Crippen LogP) is 2.63. The van der Waals surface area contributed by atoms with Gasteiger partial charge in [0.2, 0.25) is 27.7 Å². The van der Waals surface area contributed by atoms with Gasteiger partial charge >= 0.3 is 6.09 Å². The second kappa shape index (κ2) is 14.5. The molecule has 282 valence electrons. The maximum absolute atomic E-state index is 14.5. The van der Waals surface area contributed by atoms with Crippen LogP contribution in [0.4, 0.5) is 4.79 Å². The lowest BCUT2D eigenvalue weighted by molar-refractivity contribution is -0.142. The van der Waals surface area contributed by atoms with E-state index in [1.54, 1.807) is 52.1 Å². The van der Waals surface area contributed by atoms with Gasteiger partial charge in [-0.25, -0.2) is 13.2 Å². The van der Waals surface area contributed by atoms with E-state index in [4.69, 9.17) is 9.47 Å². The molecule has 3 saturated carbocycles. The van der Waals surface area contributed by atoms with Crippen molar-refractivity contribution in [2.75, 3.05) is 13.7 Å². The Kier molecular flexibility index (Phi) is 10.4. The summed E-state index contributed by atoms with van der Waals surface area (Å²) in [5, 5.41) is 18.0. The van der Waals surface area contributed by atoms with Crippen LogP contribution in [0.5, 0.6) is 5.75 Å². The predicted molar refractivity (Wildman–Crippen MR) is 188 cm³/mol. The van der Waals surface area contributed by atoms with Crippen molar-refractivity contribution in [3.8, 4) is 17.1 Å². The molecule has 5 atom stereocenters. The van der Waals surface area contributed by atoms with Gasteiger partial charge < -0.3 is 25.0 Å². The lowest BCUT2D eigenvalue weighted by atomic mass is 9.85. The average Bonchev–Trinajstić information content (AvgIpc) is 3.99. The number of nitrogens with one attached hydrogen (secondary N) is 3. The van der Waals surface area contributed by atoms with Gasteiger partial charge in [0, 0.05) is 24.4 Å². The molecule has 17 heteroatoms. The third kappa shape index (κ3) is 7.93. The summed E-state index contributed by atoms with van der Waals surface area (Å²) in [6, 6.07) is 4.27. The highest BCUT2D eigenvalue weighted by atomic mass is 32.2. The molecule has 3 N–H and O–H groups in total. The summed E-state index contributed by atoms with van der Waals surface area (Å²) < 4.78 is 38.4. The molecule has 0 spiro atoms. The van der Waals surface area contributed by atoms with E-state index in [9.17, 15) is 27.6 Å². The molecule has 4 amide bonds. The number of ether oxygens (including phenoxy) is 2. The molecule has 0 bridgehead atoms. The van der Waals surface area contributed by atoms with Crippen LogP contribution in [0.25, 0.3) is 11.4 Å². The van der Waals surface area contributed by atoms with Crippen LogP contribution in [-0.4, -0.2) is 100.0 Å². The number of amides is 4. The summed E-state index contributed by atoms with van der Waals surface area (Å²) in [6.45, 7) is 9.17. The smallest absolute Gasteiger partial charge is 0.408 e. The maximum atomic E-state index is 14.5. The van der Waals surface area contributed by atoms with Crippen molar-refractivity contribution in [2.45, 2.75) is 114 Å². The minimum atomic E-state index is -3.90. The first-order valence-corrected chi connectivity index (χ1v) is 19.4. The molecule has 3 aliphatic carbocycles. The van der Waals surface area contributed by atoms with Crippen LogP contribution in [0.15, 0.2) is 36.9 Å². The van der Waals surface area contributed by atoms with Crippen molar-refractivity contribution >= 4 is 33.8 Å². The highest BCUT2D eigenvalue weighted by molar-refractivity contribution is 7.91. The van der Waals surface area contributed by atoms with E-state index in [1.165, 1.54) is 15.8 Å². The minimum absolute atomic E-state index is 0.0125. The number of carbonyl (C=O) groups is 4. The number of methoxy groups -OCH3 is 1. The van der Waals surface area contributed by atoms with Gasteiger partial charge in [-0.2, -0.15) is 4.80 Å². The fraction of sp³-hybridized carbons (Fsp3) is 0.629. The first kappa shape index (κ1) is 37.2. The zero-order valence-electron chi connectivity index (χ0n) is 30.0. The zero-order chi connectivity index (χ0) is 37.4. The van der Waals surface area contributed by atoms with Gasteiger partial charge in [-0.15, -0.1) is 16.8 Å². The molecule has 4 aliphatic rings. The number of sulfonamides is 1. The summed E-state index contributed by atoms with van der Waals surface area (Å²) in [5.74, 6) is -1.57. The van der Waals surface area contributed by atoms with Crippen molar-refractivity contribution in [3.05, 3.63) is 36.9 Å². The van der Waals surface area contributed by atoms with Crippen LogP contribution in [-0.2, 0) is 29.1 Å². The molecule has 1 aromatic carbocycles. The molecule has 1 aliphatic heterocycles. The number of alkyl carbamates (subject to hydrolysis) is 1. The zero-order valence-corrected chi connectivity index (χ0v) is 30.9. The van der Waals surface area contributed by atoms with Crippen molar-refractivity contribution < 1.29 is 37.1 Å². The second-order valence-corrected chi connectivity index (χ2v) is 17.3. The van der Waals surface area contributed by atoms with Crippen LogP contribution in [0.3, 0.4) is 0 Å². The minimum Gasteiger partial charge on any atom is -0.497 e. The Labute approximate surface area is 303 Å². The van der Waals surface area contributed by atoms with Gasteiger partial charge in [0.25, 0.3) is 5.91 Å². The van der Waals surface area contributed by atoms with Crippen LogP contribution >= 0.6 is 0 Å². The average molecular weight is 741 g/mol. The number of benzene rings is 1. The van der Waals surface area contributed by atoms with Crippen molar-refractivity contribution in [2.24, 2.45) is 11.3 Å². The topological polar surface area (TPSA) is 204 Å². The van der Waals surface area contributed by atoms with Gasteiger partial charge in [-0.1, -0.05) is 33.3 Å². The van der Waals surface area contributed by atoms with Crippen molar-refractivity contribution in [1.82, 2.24) is 40.5 Å². The standard InChI is InChI=1S/C35H48N8O8S/c1-6-22-19-35(22,32(46)40-52(48,49)26-16-17-26)37-30(44)27-18-23(43-39-29(38-41-43)21-12-14-24(50-5)15-13-21)20-42(27)31(45)28(34(2,3)4)36-33(47)51-25-10-8-7-9-11-25/h6,12-15,22-23,25-28H,1,7-11,16-20H2,2-5H3,(H,36,47)(H,37,44)(H,40,46)/t22-,23-,27+,28-,35-/m1/s1. The number of rotatable bonds is 12. The quantitative estimate of drug-likeness (QED) is 0.270. The first-order chi connectivity index (χ1) is 24.6. The number of aromatic nitrogens is 4. The van der Waals surface area contributed by atoms with E-state index in [-0.39, 0.29) is 25.5 Å². The normalized spacial score (nSPS) is 25.5. The Morgan fingerprint density at radius 1 is 1.06 bits per heavy atom. The first-order valence-electron chi connectivity index (χ1n) is 17.9. The van der Waals surface area contributed by atoms with E-state index in [0.29, 0.717) is 30.0 Å². The van der Waals surface area contributed by atoms with Crippen molar-refractivity contribution in [3.63, 3.8) is 0 Å². The number of hydrogen-bond acceptors (Lipinski definition) is 11. The second-order valence-electron chi connectivity index (χ2n) is 15.3. The van der Waals surface area contributed by atoms with Crippen LogP contribution in [0.2, 0.25) is 0 Å². The Hall–Kier alpha value is -4.54. The summed E-state index contributed by atoms with van der Waals surface area (Å²) in [6.07, 6.45) is 6.18.